The Morgan fingerprint density at radius 2 is 2.00 bits per heavy atom. The molecular weight excluding hydrogens is 228 g/mol. The molecule has 102 valence electrons. The van der Waals surface area contributed by atoms with Gasteiger partial charge in [-0.15, -0.1) is 0 Å². The van der Waals surface area contributed by atoms with Crippen LogP contribution in [0.25, 0.3) is 0 Å². The average Bonchev–Trinajstić information content (AvgIpc) is 2.33. The van der Waals surface area contributed by atoms with Crippen molar-refractivity contribution >= 4 is 0 Å². The van der Waals surface area contributed by atoms with Crippen molar-refractivity contribution in [2.75, 3.05) is 19.8 Å². The molecule has 5 heteroatoms. The van der Waals surface area contributed by atoms with E-state index < -0.39 is 13.0 Å². The van der Waals surface area contributed by atoms with Crippen LogP contribution in [0.4, 0.5) is 8.78 Å². The summed E-state index contributed by atoms with van der Waals surface area (Å²) in [6.07, 6.45) is -1.48. The van der Waals surface area contributed by atoms with Crippen molar-refractivity contribution in [2.24, 2.45) is 0 Å². The topological polar surface area (TPSA) is 30.5 Å². The van der Waals surface area contributed by atoms with E-state index in [2.05, 4.69) is 19.2 Å². The lowest BCUT2D eigenvalue weighted by Crippen LogP contribution is -2.44. The van der Waals surface area contributed by atoms with Crippen LogP contribution in [-0.4, -0.2) is 43.4 Å². The molecule has 1 fully saturated rings. The molecule has 1 saturated heterocycles. The van der Waals surface area contributed by atoms with E-state index in [1.807, 2.05) is 13.8 Å². The summed E-state index contributed by atoms with van der Waals surface area (Å²) in [4.78, 5) is 0. The Morgan fingerprint density at radius 3 is 2.47 bits per heavy atom. The molecule has 1 rings (SSSR count). The number of halogens is 2. The SMILES string of the molecule is CC1(C)CC(NCCOCC(F)F)C(C)(C)O1. The first-order valence-corrected chi connectivity index (χ1v) is 6.02. The summed E-state index contributed by atoms with van der Waals surface area (Å²) in [6, 6.07) is 0.229. The van der Waals surface area contributed by atoms with E-state index in [4.69, 9.17) is 9.47 Å². The zero-order valence-corrected chi connectivity index (χ0v) is 11.1. The van der Waals surface area contributed by atoms with Gasteiger partial charge in [0.25, 0.3) is 6.43 Å². The zero-order valence-electron chi connectivity index (χ0n) is 11.1. The molecule has 0 aromatic carbocycles. The third kappa shape index (κ3) is 4.85. The van der Waals surface area contributed by atoms with Crippen LogP contribution in [0, 0.1) is 0 Å². The van der Waals surface area contributed by atoms with Gasteiger partial charge in [-0.25, -0.2) is 8.78 Å². The van der Waals surface area contributed by atoms with Crippen LogP contribution >= 0.6 is 0 Å². The monoisotopic (exact) mass is 251 g/mol. The summed E-state index contributed by atoms with van der Waals surface area (Å²) in [5.74, 6) is 0. The second kappa shape index (κ2) is 5.59. The molecule has 1 atom stereocenters. The fourth-order valence-corrected chi connectivity index (χ4v) is 2.36. The van der Waals surface area contributed by atoms with Crippen LogP contribution in [0.2, 0.25) is 0 Å². The molecule has 0 aromatic heterocycles. The maximum atomic E-state index is 11.8. The molecule has 17 heavy (non-hydrogen) atoms. The van der Waals surface area contributed by atoms with Crippen LogP contribution in [0.5, 0.6) is 0 Å². The average molecular weight is 251 g/mol. The standard InChI is InChI=1S/C12H23F2NO2/c1-11(2)7-9(12(3,4)17-11)15-5-6-16-8-10(13)14/h9-10,15H,5-8H2,1-4H3. The van der Waals surface area contributed by atoms with Gasteiger partial charge in [-0.05, 0) is 34.1 Å². The maximum Gasteiger partial charge on any atom is 0.261 e. The Kier molecular flexibility index (Phi) is 4.86. The lowest BCUT2D eigenvalue weighted by molar-refractivity contribution is -0.0702. The highest BCUT2D eigenvalue weighted by Crippen LogP contribution is 2.36. The predicted octanol–water partition coefficient (Wildman–Crippen LogP) is 2.20. The summed E-state index contributed by atoms with van der Waals surface area (Å²) < 4.78 is 34.4. The van der Waals surface area contributed by atoms with Gasteiger partial charge in [-0.1, -0.05) is 0 Å². The minimum absolute atomic E-state index is 0.134. The molecular formula is C12H23F2NO2. The Hall–Kier alpha value is -0.260. The second-order valence-electron chi connectivity index (χ2n) is 5.64. The lowest BCUT2D eigenvalue weighted by atomic mass is 9.94. The van der Waals surface area contributed by atoms with Crippen molar-refractivity contribution in [3.05, 3.63) is 0 Å². The van der Waals surface area contributed by atoms with E-state index in [1.54, 1.807) is 0 Å². The molecule has 0 saturated carbocycles. The number of alkyl halides is 2. The lowest BCUT2D eigenvalue weighted by Gasteiger charge is -2.27. The molecule has 1 aliphatic heterocycles. The molecule has 1 heterocycles. The normalized spacial score (nSPS) is 26.6. The molecule has 3 nitrogen and oxygen atoms in total. The quantitative estimate of drug-likeness (QED) is 0.734. The van der Waals surface area contributed by atoms with Crippen LogP contribution in [0.15, 0.2) is 0 Å². The number of ether oxygens (including phenoxy) is 2. The fourth-order valence-electron chi connectivity index (χ4n) is 2.36. The first-order valence-electron chi connectivity index (χ1n) is 6.02. The van der Waals surface area contributed by atoms with Crippen LogP contribution in [0.1, 0.15) is 34.1 Å². The van der Waals surface area contributed by atoms with E-state index in [9.17, 15) is 8.78 Å². The van der Waals surface area contributed by atoms with Gasteiger partial charge < -0.3 is 14.8 Å². The number of nitrogens with one attached hydrogen (secondary N) is 1. The van der Waals surface area contributed by atoms with E-state index >= 15 is 0 Å². The highest BCUT2D eigenvalue weighted by Gasteiger charge is 2.45. The minimum atomic E-state index is -2.39. The largest absolute Gasteiger partial charge is 0.374 e. The third-order valence-corrected chi connectivity index (χ3v) is 2.96. The molecule has 0 radical (unpaired) electrons. The Morgan fingerprint density at radius 1 is 1.35 bits per heavy atom. The van der Waals surface area contributed by atoms with Gasteiger partial charge in [-0.2, -0.15) is 0 Å². The van der Waals surface area contributed by atoms with E-state index in [1.165, 1.54) is 0 Å². The van der Waals surface area contributed by atoms with E-state index in [-0.39, 0.29) is 17.2 Å². The van der Waals surface area contributed by atoms with E-state index in [0.717, 1.165) is 6.42 Å². The Labute approximate surface area is 102 Å². The Bertz CT molecular complexity index is 245. The summed E-state index contributed by atoms with van der Waals surface area (Å²) in [5, 5.41) is 3.31. The Balaban J connectivity index is 2.23. The maximum absolute atomic E-state index is 11.8. The minimum Gasteiger partial charge on any atom is -0.374 e. The molecule has 1 N–H and O–H groups in total. The first-order chi connectivity index (χ1) is 7.73. The summed E-state index contributed by atoms with van der Waals surface area (Å²) >= 11 is 0. The number of hydrogen-bond donors (Lipinski definition) is 1. The van der Waals surface area contributed by atoms with Crippen molar-refractivity contribution in [3.63, 3.8) is 0 Å². The van der Waals surface area contributed by atoms with Gasteiger partial charge in [0.15, 0.2) is 0 Å². The van der Waals surface area contributed by atoms with Crippen molar-refractivity contribution in [1.29, 1.82) is 0 Å². The molecule has 1 aliphatic rings. The van der Waals surface area contributed by atoms with Gasteiger partial charge in [0.05, 0.1) is 17.8 Å². The summed E-state index contributed by atoms with van der Waals surface area (Å²) in [6.45, 7) is 8.58. The van der Waals surface area contributed by atoms with Gasteiger partial charge >= 0.3 is 0 Å². The van der Waals surface area contributed by atoms with Gasteiger partial charge in [0.2, 0.25) is 0 Å². The smallest absolute Gasteiger partial charge is 0.261 e. The van der Waals surface area contributed by atoms with Gasteiger partial charge in [0.1, 0.15) is 6.61 Å². The molecule has 0 aliphatic carbocycles. The van der Waals surface area contributed by atoms with Crippen LogP contribution in [0.3, 0.4) is 0 Å². The number of rotatable bonds is 6. The molecule has 0 amide bonds. The van der Waals surface area contributed by atoms with Gasteiger partial charge in [-0.3, -0.25) is 0 Å². The zero-order chi connectivity index (χ0) is 13.1. The summed E-state index contributed by atoms with van der Waals surface area (Å²) in [5.41, 5.74) is -0.364. The molecule has 0 bridgehead atoms. The van der Waals surface area contributed by atoms with Crippen LogP contribution in [-0.2, 0) is 9.47 Å². The van der Waals surface area contributed by atoms with Gasteiger partial charge in [0, 0.05) is 12.6 Å². The van der Waals surface area contributed by atoms with E-state index in [0.29, 0.717) is 13.2 Å². The first kappa shape index (κ1) is 14.8. The highest BCUT2D eigenvalue weighted by atomic mass is 19.3. The predicted molar refractivity (Wildman–Crippen MR) is 62.5 cm³/mol. The molecule has 0 spiro atoms. The fraction of sp³-hybridized carbons (Fsp3) is 1.00. The second-order valence-corrected chi connectivity index (χ2v) is 5.64. The number of hydrogen-bond acceptors (Lipinski definition) is 3. The van der Waals surface area contributed by atoms with Crippen molar-refractivity contribution in [2.45, 2.75) is 57.8 Å². The van der Waals surface area contributed by atoms with Crippen LogP contribution < -0.4 is 5.32 Å². The third-order valence-electron chi connectivity index (χ3n) is 2.96. The molecule has 1 unspecified atom stereocenters. The van der Waals surface area contributed by atoms with Crippen molar-refractivity contribution in [3.8, 4) is 0 Å². The highest BCUT2D eigenvalue weighted by molar-refractivity contribution is 4.98. The van der Waals surface area contributed by atoms with Crippen molar-refractivity contribution in [1.82, 2.24) is 5.32 Å². The molecule has 0 aromatic rings. The van der Waals surface area contributed by atoms with Crippen molar-refractivity contribution < 1.29 is 18.3 Å². The summed E-state index contributed by atoms with van der Waals surface area (Å²) in [7, 11) is 0.